The molecule has 42 heavy (non-hydrogen) atoms. The molecule has 0 saturated heterocycles. The fourth-order valence-electron chi connectivity index (χ4n) is 4.23. The fourth-order valence-corrected chi connectivity index (χ4v) is 4.23. The minimum absolute atomic E-state index is 0.0606. The molecule has 2 aromatic rings. The first-order valence-electron chi connectivity index (χ1n) is 13.5. The number of nitrogens with zero attached hydrogens (tertiary/aromatic N) is 1. The summed E-state index contributed by atoms with van der Waals surface area (Å²) < 4.78 is 0. The average Bonchev–Trinajstić information content (AvgIpc) is 3.33. The van der Waals surface area contributed by atoms with Gasteiger partial charge in [0.25, 0.3) is 0 Å². The van der Waals surface area contributed by atoms with Gasteiger partial charge in [0.05, 0.1) is 6.04 Å². The van der Waals surface area contributed by atoms with Gasteiger partial charge in [-0.3, -0.25) is 24.2 Å². The van der Waals surface area contributed by atoms with E-state index in [2.05, 4.69) is 25.9 Å². The van der Waals surface area contributed by atoms with E-state index in [1.54, 1.807) is 20.0 Å². The molecule has 4 atom stereocenters. The molecular formula is C27H40N8O7. The summed E-state index contributed by atoms with van der Waals surface area (Å²) in [7, 11) is 0. The number of nitrogens with two attached hydrogens (primary N) is 3. The van der Waals surface area contributed by atoms with Gasteiger partial charge in [-0.05, 0) is 36.8 Å². The lowest BCUT2D eigenvalue weighted by Crippen LogP contribution is -2.58. The Labute approximate surface area is 242 Å². The number of guanidine groups is 1. The highest BCUT2D eigenvalue weighted by atomic mass is 16.4. The van der Waals surface area contributed by atoms with Crippen LogP contribution < -0.4 is 33.2 Å². The zero-order valence-electron chi connectivity index (χ0n) is 23.6. The number of amides is 3. The lowest BCUT2D eigenvalue weighted by molar-refractivity contribution is -0.143. The molecule has 0 aliphatic heterocycles. The van der Waals surface area contributed by atoms with Crippen LogP contribution in [0.4, 0.5) is 0 Å². The Kier molecular flexibility index (Phi) is 12.7. The summed E-state index contributed by atoms with van der Waals surface area (Å²) in [6.07, 6.45) is 1.64. The number of aliphatic carboxylic acids is 2. The van der Waals surface area contributed by atoms with E-state index >= 15 is 0 Å². The van der Waals surface area contributed by atoms with Crippen molar-refractivity contribution in [2.45, 2.75) is 70.1 Å². The molecule has 0 radical (unpaired) electrons. The number of aromatic nitrogens is 1. The Morgan fingerprint density at radius 2 is 1.60 bits per heavy atom. The molecule has 0 bridgehead atoms. The minimum Gasteiger partial charge on any atom is -0.481 e. The molecule has 1 heterocycles. The summed E-state index contributed by atoms with van der Waals surface area (Å²) in [5, 5.41) is 26.8. The van der Waals surface area contributed by atoms with Gasteiger partial charge in [-0.15, -0.1) is 0 Å². The van der Waals surface area contributed by atoms with Crippen LogP contribution in [-0.4, -0.2) is 81.5 Å². The maximum atomic E-state index is 13.6. The normalized spacial score (nSPS) is 13.9. The number of carbonyl (C=O) groups excluding carboxylic acids is 3. The lowest BCUT2D eigenvalue weighted by atomic mass is 9.99. The maximum absolute atomic E-state index is 13.6. The first kappa shape index (κ1) is 33.5. The highest BCUT2D eigenvalue weighted by Gasteiger charge is 2.32. The zero-order chi connectivity index (χ0) is 31.4. The van der Waals surface area contributed by atoms with Gasteiger partial charge in [-0.25, -0.2) is 4.79 Å². The van der Waals surface area contributed by atoms with Gasteiger partial charge >= 0.3 is 11.9 Å². The molecule has 0 saturated carbocycles. The summed E-state index contributed by atoms with van der Waals surface area (Å²) in [6, 6.07) is 2.65. The van der Waals surface area contributed by atoms with E-state index in [-0.39, 0.29) is 31.8 Å². The molecule has 2 rings (SSSR count). The quantitative estimate of drug-likeness (QED) is 0.0627. The van der Waals surface area contributed by atoms with Crippen LogP contribution in [0, 0.1) is 5.92 Å². The van der Waals surface area contributed by atoms with Crippen LogP contribution in [-0.2, 0) is 30.4 Å². The summed E-state index contributed by atoms with van der Waals surface area (Å²) in [5.41, 5.74) is 18.2. The third-order valence-corrected chi connectivity index (χ3v) is 6.54. The standard InChI is InChI=1S/C27H40N8O7/c1-14(2)22(25(40)33-19(26(41)42)9-10-21(36)37)35-24(39)20(12-15-13-32-18-8-4-3-6-16(15)18)34-23(38)17(28)7-5-11-31-27(29)30/h3-4,6,8,13-14,17,19-20,22,32H,5,7,9-12,28H2,1-2H3,(H,33,40)(H,34,38)(H,35,39)(H,36,37)(H,41,42)(H4,29,30,31). The van der Waals surface area contributed by atoms with Crippen molar-refractivity contribution in [2.75, 3.05) is 6.54 Å². The van der Waals surface area contributed by atoms with Crippen molar-refractivity contribution >= 4 is 46.5 Å². The molecule has 1 aromatic heterocycles. The Hall–Kier alpha value is -4.66. The number of hydrogen-bond acceptors (Lipinski definition) is 7. The molecule has 4 unspecified atom stereocenters. The molecule has 0 aliphatic rings. The highest BCUT2D eigenvalue weighted by Crippen LogP contribution is 2.19. The number of aliphatic imine (C=N–C) groups is 1. The number of hydrogen-bond donors (Lipinski definition) is 9. The molecule has 12 N–H and O–H groups in total. The summed E-state index contributed by atoms with van der Waals surface area (Å²) in [5.74, 6) is -5.26. The SMILES string of the molecule is CC(C)C(NC(=O)C(Cc1c[nH]c2ccccc12)NC(=O)C(N)CCCN=C(N)N)C(=O)NC(CCC(=O)O)C(=O)O. The van der Waals surface area contributed by atoms with Crippen LogP contribution in [0.25, 0.3) is 10.9 Å². The van der Waals surface area contributed by atoms with Gasteiger partial charge in [-0.2, -0.15) is 0 Å². The second-order valence-electron chi connectivity index (χ2n) is 10.2. The van der Waals surface area contributed by atoms with Gasteiger partial charge in [0.2, 0.25) is 17.7 Å². The minimum atomic E-state index is -1.47. The van der Waals surface area contributed by atoms with Crippen molar-refractivity contribution < 1.29 is 34.2 Å². The smallest absolute Gasteiger partial charge is 0.326 e. The van der Waals surface area contributed by atoms with E-state index in [9.17, 15) is 29.1 Å². The highest BCUT2D eigenvalue weighted by molar-refractivity contribution is 5.95. The molecule has 0 fully saturated rings. The molecular weight excluding hydrogens is 548 g/mol. The summed E-state index contributed by atoms with van der Waals surface area (Å²) in [4.78, 5) is 69.0. The van der Waals surface area contributed by atoms with Crippen LogP contribution in [0.15, 0.2) is 35.5 Å². The second-order valence-corrected chi connectivity index (χ2v) is 10.2. The number of nitrogens with one attached hydrogen (secondary N) is 4. The van der Waals surface area contributed by atoms with E-state index in [0.717, 1.165) is 16.5 Å². The number of fused-ring (bicyclic) bond motifs is 1. The van der Waals surface area contributed by atoms with Gasteiger partial charge in [0.15, 0.2) is 5.96 Å². The van der Waals surface area contributed by atoms with Crippen molar-refractivity contribution in [2.24, 2.45) is 28.1 Å². The van der Waals surface area contributed by atoms with Crippen molar-refractivity contribution in [3.63, 3.8) is 0 Å². The van der Waals surface area contributed by atoms with E-state index in [4.69, 9.17) is 22.3 Å². The third-order valence-electron chi connectivity index (χ3n) is 6.54. The molecule has 0 aliphatic carbocycles. The van der Waals surface area contributed by atoms with Crippen molar-refractivity contribution in [1.29, 1.82) is 0 Å². The average molecular weight is 589 g/mol. The Balaban J connectivity index is 2.24. The molecule has 15 heteroatoms. The number of rotatable bonds is 17. The predicted molar refractivity (Wildman–Crippen MR) is 155 cm³/mol. The maximum Gasteiger partial charge on any atom is 0.326 e. The number of carbonyl (C=O) groups is 5. The Morgan fingerprint density at radius 1 is 0.929 bits per heavy atom. The van der Waals surface area contributed by atoms with Gasteiger partial charge in [-0.1, -0.05) is 32.0 Å². The number of H-pyrrole nitrogens is 1. The number of benzene rings is 1. The molecule has 0 spiro atoms. The molecule has 15 nitrogen and oxygen atoms in total. The van der Waals surface area contributed by atoms with Crippen molar-refractivity contribution in [1.82, 2.24) is 20.9 Å². The number of para-hydroxylation sites is 1. The van der Waals surface area contributed by atoms with E-state index < -0.39 is 66.2 Å². The summed E-state index contributed by atoms with van der Waals surface area (Å²) >= 11 is 0. The first-order valence-corrected chi connectivity index (χ1v) is 13.5. The lowest BCUT2D eigenvalue weighted by Gasteiger charge is -2.27. The molecule has 3 amide bonds. The Bertz CT molecular complexity index is 1290. The predicted octanol–water partition coefficient (Wildman–Crippen LogP) is -0.849. The van der Waals surface area contributed by atoms with Crippen LogP contribution in [0.2, 0.25) is 0 Å². The van der Waals surface area contributed by atoms with Crippen LogP contribution in [0.3, 0.4) is 0 Å². The van der Waals surface area contributed by atoms with Gasteiger partial charge < -0.3 is 48.3 Å². The van der Waals surface area contributed by atoms with Crippen molar-refractivity contribution in [3.05, 3.63) is 36.0 Å². The van der Waals surface area contributed by atoms with Gasteiger partial charge in [0, 0.05) is 36.5 Å². The number of carboxylic acids is 2. The van der Waals surface area contributed by atoms with Crippen molar-refractivity contribution in [3.8, 4) is 0 Å². The van der Waals surface area contributed by atoms with E-state index in [1.807, 2.05) is 24.3 Å². The fraction of sp³-hybridized carbons (Fsp3) is 0.481. The monoisotopic (exact) mass is 588 g/mol. The molecule has 1 aromatic carbocycles. The molecule has 230 valence electrons. The Morgan fingerprint density at radius 3 is 2.21 bits per heavy atom. The first-order chi connectivity index (χ1) is 19.8. The van der Waals surface area contributed by atoms with Crippen LogP contribution in [0.5, 0.6) is 0 Å². The third kappa shape index (κ3) is 10.4. The topological polar surface area (TPSA) is 268 Å². The van der Waals surface area contributed by atoms with Crippen LogP contribution >= 0.6 is 0 Å². The van der Waals surface area contributed by atoms with E-state index in [0.29, 0.717) is 6.42 Å². The number of carboxylic acid groups (broad SMARTS) is 2. The zero-order valence-corrected chi connectivity index (χ0v) is 23.6. The van der Waals surface area contributed by atoms with Crippen LogP contribution in [0.1, 0.15) is 45.1 Å². The summed E-state index contributed by atoms with van der Waals surface area (Å²) in [6.45, 7) is 3.58. The van der Waals surface area contributed by atoms with E-state index in [1.165, 1.54) is 0 Å². The second kappa shape index (κ2) is 16.0. The van der Waals surface area contributed by atoms with Gasteiger partial charge in [0.1, 0.15) is 18.1 Å². The largest absolute Gasteiger partial charge is 0.481 e. The number of aromatic amines is 1.